The lowest BCUT2D eigenvalue weighted by Gasteiger charge is -2.17. The molecule has 0 amide bonds. The fourth-order valence-corrected chi connectivity index (χ4v) is 3.16. The second kappa shape index (κ2) is 9.40. The van der Waals surface area contributed by atoms with Crippen LogP contribution in [0.15, 0.2) is 17.5 Å². The van der Waals surface area contributed by atoms with Gasteiger partial charge < -0.3 is 9.64 Å². The molecule has 0 unspecified atom stereocenters. The summed E-state index contributed by atoms with van der Waals surface area (Å²) in [6, 6.07) is 3.14. The number of fused-ring (bicyclic) bond motifs is 1. The highest BCUT2D eigenvalue weighted by Crippen LogP contribution is 2.28. The average Bonchev–Trinajstić information content (AvgIpc) is 2.94. The first-order chi connectivity index (χ1) is 10.2. The van der Waals surface area contributed by atoms with E-state index in [1.54, 1.807) is 11.4 Å². The van der Waals surface area contributed by atoms with Crippen LogP contribution in [0.2, 0.25) is 0 Å². The summed E-state index contributed by atoms with van der Waals surface area (Å²) in [5.74, 6) is -0.918. The Morgan fingerprint density at radius 1 is 1.18 bits per heavy atom. The summed E-state index contributed by atoms with van der Waals surface area (Å²) in [5.41, 5.74) is 0.132. The molecule has 1 aromatic carbocycles. The van der Waals surface area contributed by atoms with E-state index >= 15 is 0 Å². The summed E-state index contributed by atoms with van der Waals surface area (Å²) in [5, 5.41) is 2.40. The van der Waals surface area contributed by atoms with Gasteiger partial charge in [0.15, 0.2) is 0 Å². The Morgan fingerprint density at radius 3 is 2.59 bits per heavy atom. The monoisotopic (exact) mass is 349 g/mol. The van der Waals surface area contributed by atoms with Gasteiger partial charge >= 0.3 is 0 Å². The molecule has 6 heteroatoms. The summed E-state index contributed by atoms with van der Waals surface area (Å²) < 4.78 is 34.1. The zero-order chi connectivity index (χ0) is 15.2. The molecule has 124 valence electrons. The van der Waals surface area contributed by atoms with Crippen LogP contribution in [0, 0.1) is 11.6 Å². The minimum Gasteiger partial charge on any atom is -0.380 e. The number of benzene rings is 1. The van der Waals surface area contributed by atoms with E-state index in [4.69, 9.17) is 4.74 Å². The number of likely N-dealkylation sites (N-methyl/N-ethyl adjacent to an activating group) is 1. The highest BCUT2D eigenvalue weighted by molar-refractivity contribution is 7.17. The third kappa shape index (κ3) is 4.62. The number of hydrogen-bond acceptors (Lipinski definition) is 3. The van der Waals surface area contributed by atoms with Gasteiger partial charge in [0.25, 0.3) is 0 Å². The van der Waals surface area contributed by atoms with E-state index in [2.05, 4.69) is 18.7 Å². The van der Waals surface area contributed by atoms with Gasteiger partial charge in [-0.05, 0) is 36.0 Å². The van der Waals surface area contributed by atoms with Crippen LogP contribution < -0.4 is 0 Å². The highest BCUT2D eigenvalue weighted by Gasteiger charge is 2.14. The molecule has 0 atom stereocenters. The SMILES string of the molecule is CCN(CC)CCOCCc1c(F)cc2ccsc2c1F.Cl. The van der Waals surface area contributed by atoms with Gasteiger partial charge in [-0.25, -0.2) is 8.78 Å². The maximum absolute atomic E-state index is 14.2. The van der Waals surface area contributed by atoms with E-state index in [1.165, 1.54) is 17.4 Å². The van der Waals surface area contributed by atoms with E-state index in [1.807, 2.05) is 0 Å². The molecule has 0 aliphatic carbocycles. The Morgan fingerprint density at radius 2 is 1.91 bits per heavy atom. The zero-order valence-electron chi connectivity index (χ0n) is 12.9. The maximum Gasteiger partial charge on any atom is 0.147 e. The van der Waals surface area contributed by atoms with Gasteiger partial charge in [0.05, 0.1) is 17.9 Å². The van der Waals surface area contributed by atoms with Crippen LogP contribution in [0.25, 0.3) is 10.1 Å². The molecule has 0 saturated carbocycles. The molecule has 22 heavy (non-hydrogen) atoms. The molecule has 0 bridgehead atoms. The molecule has 2 aromatic rings. The van der Waals surface area contributed by atoms with Gasteiger partial charge in [0.2, 0.25) is 0 Å². The van der Waals surface area contributed by atoms with Crippen LogP contribution in [0.5, 0.6) is 0 Å². The van der Waals surface area contributed by atoms with Crippen molar-refractivity contribution in [2.24, 2.45) is 0 Å². The molecule has 0 aliphatic rings. The Hall–Kier alpha value is -0.750. The van der Waals surface area contributed by atoms with Crippen molar-refractivity contribution in [1.82, 2.24) is 4.90 Å². The fourth-order valence-electron chi connectivity index (χ4n) is 2.32. The summed E-state index contributed by atoms with van der Waals surface area (Å²) in [6.45, 7) is 7.95. The molecule has 0 N–H and O–H groups in total. The van der Waals surface area contributed by atoms with Gasteiger partial charge in [-0.2, -0.15) is 0 Å². The molecule has 0 saturated heterocycles. The van der Waals surface area contributed by atoms with Crippen molar-refractivity contribution in [1.29, 1.82) is 0 Å². The average molecular weight is 350 g/mol. The quantitative estimate of drug-likeness (QED) is 0.650. The number of halogens is 3. The Kier molecular flexibility index (Phi) is 8.25. The molecule has 1 heterocycles. The first-order valence-electron chi connectivity index (χ1n) is 7.31. The van der Waals surface area contributed by atoms with E-state index in [0.717, 1.165) is 19.6 Å². The molecule has 0 spiro atoms. The third-order valence-electron chi connectivity index (χ3n) is 3.67. The summed E-state index contributed by atoms with van der Waals surface area (Å²) in [7, 11) is 0. The van der Waals surface area contributed by atoms with Crippen LogP contribution in [-0.4, -0.2) is 37.7 Å². The lowest BCUT2D eigenvalue weighted by Crippen LogP contribution is -2.27. The van der Waals surface area contributed by atoms with Gasteiger partial charge in [-0.1, -0.05) is 13.8 Å². The smallest absolute Gasteiger partial charge is 0.147 e. The lowest BCUT2D eigenvalue weighted by atomic mass is 10.1. The minimum absolute atomic E-state index is 0. The number of thiophene rings is 1. The molecular weight excluding hydrogens is 328 g/mol. The van der Waals surface area contributed by atoms with Crippen LogP contribution in [0.1, 0.15) is 19.4 Å². The predicted octanol–water partition coefficient (Wildman–Crippen LogP) is 4.50. The number of ether oxygens (including phenoxy) is 1. The second-order valence-corrected chi connectivity index (χ2v) is 5.80. The summed E-state index contributed by atoms with van der Waals surface area (Å²) in [6.07, 6.45) is 0.268. The maximum atomic E-state index is 14.2. The van der Waals surface area contributed by atoms with Crippen molar-refractivity contribution in [3.8, 4) is 0 Å². The number of nitrogens with zero attached hydrogens (tertiary/aromatic N) is 1. The molecule has 0 aliphatic heterocycles. The fraction of sp³-hybridized carbons (Fsp3) is 0.500. The lowest BCUT2D eigenvalue weighted by molar-refractivity contribution is 0.108. The molecule has 2 rings (SSSR count). The summed E-state index contributed by atoms with van der Waals surface area (Å²) in [4.78, 5) is 2.25. The van der Waals surface area contributed by atoms with E-state index in [9.17, 15) is 8.78 Å². The van der Waals surface area contributed by atoms with E-state index in [-0.39, 0.29) is 24.4 Å². The van der Waals surface area contributed by atoms with Crippen molar-refractivity contribution in [2.45, 2.75) is 20.3 Å². The molecule has 1 aromatic heterocycles. The zero-order valence-corrected chi connectivity index (χ0v) is 14.5. The van der Waals surface area contributed by atoms with Gasteiger partial charge in [-0.15, -0.1) is 23.7 Å². The largest absolute Gasteiger partial charge is 0.380 e. The van der Waals surface area contributed by atoms with Crippen LogP contribution in [-0.2, 0) is 11.2 Å². The van der Waals surface area contributed by atoms with Crippen molar-refractivity contribution >= 4 is 33.8 Å². The first-order valence-corrected chi connectivity index (χ1v) is 8.19. The van der Waals surface area contributed by atoms with Crippen molar-refractivity contribution in [3.63, 3.8) is 0 Å². The van der Waals surface area contributed by atoms with Gasteiger partial charge in [-0.3, -0.25) is 0 Å². The molecular formula is C16H22ClF2NOS. The number of hydrogen-bond donors (Lipinski definition) is 0. The Labute approximate surface area is 140 Å². The Balaban J connectivity index is 0.00000242. The number of rotatable bonds is 8. The van der Waals surface area contributed by atoms with E-state index < -0.39 is 11.6 Å². The van der Waals surface area contributed by atoms with Crippen LogP contribution in [0.3, 0.4) is 0 Å². The van der Waals surface area contributed by atoms with Crippen molar-refractivity contribution in [3.05, 3.63) is 34.7 Å². The first kappa shape index (κ1) is 19.3. The molecule has 2 nitrogen and oxygen atoms in total. The molecule has 0 radical (unpaired) electrons. The van der Waals surface area contributed by atoms with E-state index in [0.29, 0.717) is 23.3 Å². The van der Waals surface area contributed by atoms with Gasteiger partial charge in [0, 0.05) is 18.5 Å². The standard InChI is InChI=1S/C16H21F2NOS.ClH/c1-3-19(4-2)7-9-20-8-5-13-14(17)11-12-6-10-21-16(12)15(13)18;/h6,10-11H,3-5,7-9H2,1-2H3;1H. The van der Waals surface area contributed by atoms with Crippen molar-refractivity contribution < 1.29 is 13.5 Å². The van der Waals surface area contributed by atoms with Gasteiger partial charge in [0.1, 0.15) is 11.6 Å². The second-order valence-electron chi connectivity index (χ2n) is 4.88. The van der Waals surface area contributed by atoms with Crippen molar-refractivity contribution in [2.75, 3.05) is 32.8 Å². The minimum atomic E-state index is -0.481. The van der Waals surface area contributed by atoms with Crippen LogP contribution in [0.4, 0.5) is 8.78 Å². The summed E-state index contributed by atoms with van der Waals surface area (Å²) >= 11 is 1.30. The third-order valence-corrected chi connectivity index (χ3v) is 4.60. The Bertz CT molecular complexity index is 587. The van der Waals surface area contributed by atoms with Crippen LogP contribution >= 0.6 is 23.7 Å². The highest BCUT2D eigenvalue weighted by atomic mass is 35.5. The molecule has 0 fully saturated rings. The normalized spacial score (nSPS) is 11.1. The topological polar surface area (TPSA) is 12.5 Å². The predicted molar refractivity (Wildman–Crippen MR) is 91.3 cm³/mol.